The van der Waals surface area contributed by atoms with Gasteiger partial charge in [0.2, 0.25) is 0 Å². The summed E-state index contributed by atoms with van der Waals surface area (Å²) in [4.78, 5) is 21.6. The Labute approximate surface area is 76.8 Å². The van der Waals surface area contributed by atoms with Gasteiger partial charge in [0, 0.05) is 21.1 Å². The summed E-state index contributed by atoms with van der Waals surface area (Å²) in [5.41, 5.74) is 0. The molecule has 0 aliphatic rings. The zero-order valence-corrected chi connectivity index (χ0v) is 8.16. The Morgan fingerprint density at radius 1 is 0.909 bits per heavy atom. The maximum absolute atomic E-state index is 8.88. The van der Waals surface area contributed by atoms with E-state index in [4.69, 9.17) is 19.2 Å². The van der Waals surface area contributed by atoms with Crippen LogP contribution in [0.3, 0.4) is 0 Å². The quantitative estimate of drug-likeness (QED) is 0.260. The average molecular weight is 282 g/mol. The predicted octanol–water partition coefficient (Wildman–Crippen LogP) is -3.42. The van der Waals surface area contributed by atoms with Crippen molar-refractivity contribution in [3.63, 3.8) is 0 Å². The molecule has 9 nitrogen and oxygen atoms in total. The van der Waals surface area contributed by atoms with E-state index >= 15 is 0 Å². The van der Waals surface area contributed by atoms with Crippen LogP contribution in [0.1, 0.15) is 0 Å². The molecule has 0 saturated heterocycles. The summed E-state index contributed by atoms with van der Waals surface area (Å²) < 4.78 is 8.88. The van der Waals surface area contributed by atoms with Crippen LogP contribution >= 0.6 is 7.82 Å². The molecule has 13 N–H and O–H groups in total. The Balaban J connectivity index is -0.00000000533. The molecule has 0 fully saturated rings. The maximum atomic E-state index is 8.88. The Bertz CT molecular complexity index is 60.2. The van der Waals surface area contributed by atoms with Gasteiger partial charge >= 0.3 is 7.82 Å². The van der Waals surface area contributed by atoms with Gasteiger partial charge in [0.1, 0.15) is 0 Å². The molecule has 0 heterocycles. The number of rotatable bonds is 0. The SMILES string of the molecule is N.O.O.O.O=P(O)(O)O.[Mo].[OH-]. The van der Waals surface area contributed by atoms with Crippen molar-refractivity contribution >= 4 is 7.82 Å². The van der Waals surface area contributed by atoms with E-state index in [1.165, 1.54) is 0 Å². The van der Waals surface area contributed by atoms with Crippen LogP contribution in [0.5, 0.6) is 0 Å². The fourth-order valence-corrected chi connectivity index (χ4v) is 0. The van der Waals surface area contributed by atoms with E-state index in [1.807, 2.05) is 0 Å². The molecule has 11 heavy (non-hydrogen) atoms. The summed E-state index contributed by atoms with van der Waals surface area (Å²) in [5.74, 6) is 0. The van der Waals surface area contributed by atoms with Crippen molar-refractivity contribution in [3.05, 3.63) is 0 Å². The van der Waals surface area contributed by atoms with E-state index in [1.54, 1.807) is 0 Å². The van der Waals surface area contributed by atoms with Crippen molar-refractivity contribution in [2.24, 2.45) is 0 Å². The van der Waals surface area contributed by atoms with Crippen LogP contribution in [-0.2, 0) is 25.6 Å². The van der Waals surface area contributed by atoms with Crippen molar-refractivity contribution < 1.29 is 62.2 Å². The summed E-state index contributed by atoms with van der Waals surface area (Å²) in [6.07, 6.45) is 0. The van der Waals surface area contributed by atoms with Gasteiger partial charge in [-0.15, -0.1) is 0 Å². The van der Waals surface area contributed by atoms with E-state index in [0.29, 0.717) is 0 Å². The first-order valence-corrected chi connectivity index (χ1v) is 2.35. The Morgan fingerprint density at radius 3 is 0.909 bits per heavy atom. The second-order valence-electron chi connectivity index (χ2n) is 0.513. The van der Waals surface area contributed by atoms with Crippen LogP contribution in [0.2, 0.25) is 0 Å². The molecular weight excluding hydrogens is 269 g/mol. The second kappa shape index (κ2) is 22.4. The average Bonchev–Trinajstić information content (AvgIpc) is 0.722. The minimum absolute atomic E-state index is 0. The fraction of sp³-hybridized carbons (Fsp3) is 0. The standard InChI is InChI=1S/Mo.H3N.H3O4P.4H2O/c;;1-5(2,3)4;;;;/h;1H3;(H3,1,2,3,4);4*1H2/p-1. The second-order valence-corrected chi connectivity index (χ2v) is 1.54. The van der Waals surface area contributed by atoms with Gasteiger partial charge in [-0.2, -0.15) is 0 Å². The normalized spacial score (nSPS) is 5.36. The van der Waals surface area contributed by atoms with Gasteiger partial charge in [0.15, 0.2) is 0 Å². The van der Waals surface area contributed by atoms with Crippen LogP contribution in [0.25, 0.3) is 0 Å². The molecule has 0 unspecified atom stereocenters. The molecule has 0 aromatic carbocycles. The zero-order valence-electron chi connectivity index (χ0n) is 5.26. The molecule has 0 saturated carbocycles. The molecule has 0 bridgehead atoms. The molecule has 0 aliphatic heterocycles. The fourth-order valence-electron chi connectivity index (χ4n) is 0. The van der Waals surface area contributed by atoms with Crippen LogP contribution in [0, 0.1) is 0 Å². The van der Waals surface area contributed by atoms with Crippen molar-refractivity contribution in [1.29, 1.82) is 0 Å². The number of hydrogen-bond donors (Lipinski definition) is 4. The molecule has 0 aromatic heterocycles. The predicted molar refractivity (Wildman–Crippen MR) is 32.1 cm³/mol. The first kappa shape index (κ1) is 61.6. The molecular formula is H13MoNO8P-. The Kier molecular flexibility index (Phi) is 126. The van der Waals surface area contributed by atoms with Gasteiger partial charge in [-0.3, -0.25) is 0 Å². The summed E-state index contributed by atoms with van der Waals surface area (Å²) in [7, 11) is -4.64. The Morgan fingerprint density at radius 2 is 0.909 bits per heavy atom. The van der Waals surface area contributed by atoms with Crippen LogP contribution < -0.4 is 6.15 Å². The maximum Gasteiger partial charge on any atom is 0.466 e. The smallest absolute Gasteiger partial charge is 0.466 e. The third kappa shape index (κ3) is 2190. The molecule has 0 rings (SSSR count). The van der Waals surface area contributed by atoms with E-state index in [2.05, 4.69) is 0 Å². The van der Waals surface area contributed by atoms with E-state index in [-0.39, 0.29) is 49.1 Å². The number of phosphoric acid groups is 1. The van der Waals surface area contributed by atoms with Gasteiger partial charge in [-0.25, -0.2) is 4.57 Å². The molecule has 0 amide bonds. The first-order valence-electron chi connectivity index (χ1n) is 0.783. The molecule has 0 aromatic rings. The van der Waals surface area contributed by atoms with E-state index in [0.717, 1.165) is 0 Å². The van der Waals surface area contributed by atoms with Gasteiger partial charge in [-0.1, -0.05) is 0 Å². The topological polar surface area (TPSA) is 237 Å². The van der Waals surface area contributed by atoms with Crippen LogP contribution in [-0.4, -0.2) is 36.6 Å². The summed E-state index contributed by atoms with van der Waals surface area (Å²) >= 11 is 0. The minimum atomic E-state index is -4.64. The van der Waals surface area contributed by atoms with E-state index in [9.17, 15) is 0 Å². The monoisotopic (exact) mass is 284 g/mol. The van der Waals surface area contributed by atoms with Gasteiger partial charge in [-0.05, 0) is 0 Å². The van der Waals surface area contributed by atoms with Gasteiger partial charge in [0.25, 0.3) is 0 Å². The molecule has 0 aliphatic carbocycles. The molecule has 11 heteroatoms. The molecule has 0 spiro atoms. The van der Waals surface area contributed by atoms with Gasteiger partial charge in [0.05, 0.1) is 0 Å². The molecule has 78 valence electrons. The number of hydrogen-bond acceptors (Lipinski definition) is 3. The summed E-state index contributed by atoms with van der Waals surface area (Å²) in [6, 6.07) is 0. The largest absolute Gasteiger partial charge is 0.870 e. The van der Waals surface area contributed by atoms with Gasteiger partial charge < -0.3 is 42.7 Å². The van der Waals surface area contributed by atoms with E-state index < -0.39 is 7.82 Å². The van der Waals surface area contributed by atoms with Crippen molar-refractivity contribution in [2.45, 2.75) is 0 Å². The van der Waals surface area contributed by atoms with Crippen LogP contribution in [0.15, 0.2) is 0 Å². The molecule has 0 radical (unpaired) electrons. The zero-order chi connectivity index (χ0) is 4.50. The Hall–Kier alpha value is 0.598. The minimum Gasteiger partial charge on any atom is -0.870 e. The van der Waals surface area contributed by atoms with Crippen molar-refractivity contribution in [2.75, 3.05) is 0 Å². The third-order valence-electron chi connectivity index (χ3n) is 0. The van der Waals surface area contributed by atoms with Crippen LogP contribution in [0.4, 0.5) is 0 Å². The third-order valence-corrected chi connectivity index (χ3v) is 0. The van der Waals surface area contributed by atoms with Crippen molar-refractivity contribution in [1.82, 2.24) is 6.15 Å². The molecule has 0 atom stereocenters. The summed E-state index contributed by atoms with van der Waals surface area (Å²) in [6.45, 7) is 0. The summed E-state index contributed by atoms with van der Waals surface area (Å²) in [5, 5.41) is 0. The first-order chi connectivity index (χ1) is 2.00. The van der Waals surface area contributed by atoms with Crippen molar-refractivity contribution in [3.8, 4) is 0 Å².